The van der Waals surface area contributed by atoms with Gasteiger partial charge in [0.1, 0.15) is 0 Å². The van der Waals surface area contributed by atoms with Crippen LogP contribution >= 0.6 is 0 Å². The van der Waals surface area contributed by atoms with Gasteiger partial charge in [-0.15, -0.1) is 0 Å². The van der Waals surface area contributed by atoms with Crippen molar-refractivity contribution in [2.24, 2.45) is 0 Å². The second-order valence-electron chi connectivity index (χ2n) is 4.56. The second kappa shape index (κ2) is 7.36. The molecule has 0 unspecified atom stereocenters. The van der Waals surface area contributed by atoms with Gasteiger partial charge in [0, 0.05) is 6.54 Å². The largest absolute Gasteiger partial charge is 0.461 e. The molecule has 0 saturated carbocycles. The Hall–Kier alpha value is -2.45. The molecule has 0 bridgehead atoms. The summed E-state index contributed by atoms with van der Waals surface area (Å²) in [7, 11) is 0. The normalized spacial score (nSPS) is 10.7. The number of rotatable bonds is 8. The summed E-state index contributed by atoms with van der Waals surface area (Å²) in [6, 6.07) is 0.272. The summed E-state index contributed by atoms with van der Waals surface area (Å²) in [4.78, 5) is 16.6. The first-order chi connectivity index (χ1) is 10.2. The Bertz CT molecular complexity index is 545. The van der Waals surface area contributed by atoms with Gasteiger partial charge in [-0.3, -0.25) is 0 Å². The minimum Gasteiger partial charge on any atom is -0.461 e. The maximum atomic E-state index is 5.52. The van der Waals surface area contributed by atoms with Crippen molar-refractivity contribution < 1.29 is 9.26 Å². The fourth-order valence-electron chi connectivity index (χ4n) is 1.44. The lowest BCUT2D eigenvalue weighted by Crippen LogP contribution is -2.14. The molecule has 0 fully saturated rings. The Morgan fingerprint density at radius 1 is 1.19 bits per heavy atom. The molecule has 0 aliphatic rings. The lowest BCUT2D eigenvalue weighted by atomic mass is 10.5. The van der Waals surface area contributed by atoms with Gasteiger partial charge >= 0.3 is 6.01 Å². The molecule has 2 N–H and O–H groups in total. The molecule has 0 aliphatic heterocycles. The van der Waals surface area contributed by atoms with E-state index in [0.29, 0.717) is 24.3 Å². The molecule has 21 heavy (non-hydrogen) atoms. The molecule has 9 nitrogen and oxygen atoms in total. The van der Waals surface area contributed by atoms with Crippen molar-refractivity contribution in [1.82, 2.24) is 25.1 Å². The van der Waals surface area contributed by atoms with E-state index in [1.165, 1.54) is 6.39 Å². The summed E-state index contributed by atoms with van der Waals surface area (Å²) >= 11 is 0. The summed E-state index contributed by atoms with van der Waals surface area (Å²) < 4.78 is 10.2. The van der Waals surface area contributed by atoms with Crippen molar-refractivity contribution in [2.45, 2.75) is 39.8 Å². The first kappa shape index (κ1) is 14.9. The fraction of sp³-hybridized carbons (Fsp3) is 0.583. The van der Waals surface area contributed by atoms with Crippen molar-refractivity contribution in [3.05, 3.63) is 12.2 Å². The van der Waals surface area contributed by atoms with Gasteiger partial charge in [-0.1, -0.05) is 12.1 Å². The Morgan fingerprint density at radius 3 is 2.57 bits per heavy atom. The van der Waals surface area contributed by atoms with Crippen LogP contribution in [0.5, 0.6) is 6.01 Å². The Balaban J connectivity index is 2.09. The van der Waals surface area contributed by atoms with Gasteiger partial charge in [0.25, 0.3) is 0 Å². The maximum absolute atomic E-state index is 5.52. The highest BCUT2D eigenvalue weighted by molar-refractivity contribution is 5.35. The smallest absolute Gasteiger partial charge is 0.323 e. The molecule has 2 aromatic heterocycles. The summed E-state index contributed by atoms with van der Waals surface area (Å²) in [5, 5.41) is 9.83. The molecule has 0 spiro atoms. The number of nitrogens with zero attached hydrogens (tertiary/aromatic N) is 5. The zero-order valence-corrected chi connectivity index (χ0v) is 12.3. The van der Waals surface area contributed by atoms with Crippen LogP contribution in [-0.4, -0.2) is 37.7 Å². The second-order valence-corrected chi connectivity index (χ2v) is 4.56. The van der Waals surface area contributed by atoms with Gasteiger partial charge in [-0.05, 0) is 20.3 Å². The molecule has 2 heterocycles. The maximum Gasteiger partial charge on any atom is 0.323 e. The van der Waals surface area contributed by atoms with Crippen LogP contribution in [0.1, 0.15) is 33.0 Å². The molecule has 0 atom stereocenters. The molecule has 0 aliphatic carbocycles. The molecule has 9 heteroatoms. The van der Waals surface area contributed by atoms with Gasteiger partial charge in [0.05, 0.1) is 12.6 Å². The Kier molecular flexibility index (Phi) is 5.24. The Morgan fingerprint density at radius 2 is 1.95 bits per heavy atom. The molecule has 0 saturated heterocycles. The zero-order valence-electron chi connectivity index (χ0n) is 12.3. The highest BCUT2D eigenvalue weighted by Crippen LogP contribution is 2.13. The highest BCUT2D eigenvalue weighted by atomic mass is 16.5. The zero-order chi connectivity index (χ0) is 15.1. The van der Waals surface area contributed by atoms with Gasteiger partial charge < -0.3 is 19.9 Å². The quantitative estimate of drug-likeness (QED) is 0.747. The fourth-order valence-corrected chi connectivity index (χ4v) is 1.44. The predicted octanol–water partition coefficient (Wildman–Crippen LogP) is 1.48. The minimum atomic E-state index is -0.0171. The number of aromatic nitrogens is 5. The van der Waals surface area contributed by atoms with Crippen molar-refractivity contribution in [2.75, 3.05) is 17.2 Å². The lowest BCUT2D eigenvalue weighted by molar-refractivity contribution is 0.222. The first-order valence-corrected chi connectivity index (χ1v) is 6.83. The third kappa shape index (κ3) is 4.86. The topological polar surface area (TPSA) is 111 Å². The van der Waals surface area contributed by atoms with E-state index in [0.717, 1.165) is 13.0 Å². The number of anilines is 2. The van der Waals surface area contributed by atoms with Crippen LogP contribution in [0.25, 0.3) is 0 Å². The van der Waals surface area contributed by atoms with E-state index in [2.05, 4.69) is 47.2 Å². The van der Waals surface area contributed by atoms with Crippen LogP contribution in [0.3, 0.4) is 0 Å². The average Bonchev–Trinajstić information content (AvgIpc) is 2.95. The van der Waals surface area contributed by atoms with E-state index in [1.54, 1.807) is 0 Å². The number of hydrogen-bond acceptors (Lipinski definition) is 9. The first-order valence-electron chi connectivity index (χ1n) is 6.83. The van der Waals surface area contributed by atoms with Crippen molar-refractivity contribution >= 4 is 11.9 Å². The van der Waals surface area contributed by atoms with E-state index >= 15 is 0 Å². The SMILES string of the molecule is CCCNc1nc(NCc2ncon2)nc(OC(C)C)n1. The standard InChI is InChI=1S/C12H19N7O2/c1-4-5-13-10-16-11(14-6-9-15-7-20-19-9)18-12(17-10)21-8(2)3/h7-8H,4-6H2,1-3H3,(H2,13,14,16,17,18). The third-order valence-electron chi connectivity index (χ3n) is 2.30. The average molecular weight is 293 g/mol. The molecule has 2 aromatic rings. The summed E-state index contributed by atoms with van der Waals surface area (Å²) in [6.07, 6.45) is 2.22. The van der Waals surface area contributed by atoms with Crippen LogP contribution in [0.2, 0.25) is 0 Å². The highest BCUT2D eigenvalue weighted by Gasteiger charge is 2.09. The van der Waals surface area contributed by atoms with E-state index < -0.39 is 0 Å². The Labute approximate surface area is 122 Å². The van der Waals surface area contributed by atoms with Crippen molar-refractivity contribution in [1.29, 1.82) is 0 Å². The predicted molar refractivity (Wildman–Crippen MR) is 76.0 cm³/mol. The monoisotopic (exact) mass is 293 g/mol. The van der Waals surface area contributed by atoms with E-state index in [-0.39, 0.29) is 12.1 Å². The van der Waals surface area contributed by atoms with Crippen molar-refractivity contribution in [3.63, 3.8) is 0 Å². The third-order valence-corrected chi connectivity index (χ3v) is 2.30. The number of nitrogens with one attached hydrogen (secondary N) is 2. The summed E-state index contributed by atoms with van der Waals surface area (Å²) in [6.45, 7) is 7.02. The molecular weight excluding hydrogens is 274 g/mol. The van der Waals surface area contributed by atoms with Crippen LogP contribution in [-0.2, 0) is 6.54 Å². The number of hydrogen-bond donors (Lipinski definition) is 2. The molecule has 2 rings (SSSR count). The van der Waals surface area contributed by atoms with E-state index in [9.17, 15) is 0 Å². The van der Waals surface area contributed by atoms with Crippen LogP contribution in [0.15, 0.2) is 10.9 Å². The molecule has 114 valence electrons. The molecule has 0 radical (unpaired) electrons. The van der Waals surface area contributed by atoms with Gasteiger partial charge in [0.2, 0.25) is 18.3 Å². The van der Waals surface area contributed by atoms with E-state index in [1.807, 2.05) is 13.8 Å². The minimum absolute atomic E-state index is 0.0171. The van der Waals surface area contributed by atoms with Crippen LogP contribution in [0, 0.1) is 0 Å². The molecule has 0 amide bonds. The molecular formula is C12H19N7O2. The van der Waals surface area contributed by atoms with Gasteiger partial charge in [0.15, 0.2) is 5.82 Å². The van der Waals surface area contributed by atoms with Crippen LogP contribution < -0.4 is 15.4 Å². The number of ether oxygens (including phenoxy) is 1. The van der Waals surface area contributed by atoms with Gasteiger partial charge in [-0.25, -0.2) is 0 Å². The van der Waals surface area contributed by atoms with Gasteiger partial charge in [-0.2, -0.15) is 19.9 Å². The lowest BCUT2D eigenvalue weighted by Gasteiger charge is -2.11. The van der Waals surface area contributed by atoms with Crippen LogP contribution in [0.4, 0.5) is 11.9 Å². The van der Waals surface area contributed by atoms with E-state index in [4.69, 9.17) is 4.74 Å². The summed E-state index contributed by atoms with van der Waals surface area (Å²) in [5.74, 6) is 1.38. The molecule has 0 aromatic carbocycles. The van der Waals surface area contributed by atoms with Crippen molar-refractivity contribution in [3.8, 4) is 6.01 Å². The summed E-state index contributed by atoms with van der Waals surface area (Å²) in [5.41, 5.74) is 0.